The molecule has 1 rings (SSSR count). The number of carboxylic acids is 2. The topological polar surface area (TPSA) is 610 Å². The lowest BCUT2D eigenvalue weighted by Gasteiger charge is -2.28. The number of aliphatic carboxylic acids is 2. The first-order valence-electron chi connectivity index (χ1n) is 25.4. The van der Waals surface area contributed by atoms with E-state index in [4.69, 9.17) is 45.9 Å². The predicted molar refractivity (Wildman–Crippen MR) is 291 cm³/mol. The molecule has 0 fully saturated rings. The summed E-state index contributed by atoms with van der Waals surface area (Å²) in [5, 5.41) is 57.4. The van der Waals surface area contributed by atoms with Crippen molar-refractivity contribution in [3.63, 3.8) is 0 Å². The molecular formula is C47H79N19O15. The fraction of sp³-hybridized carbons (Fsp3) is 0.574. The lowest BCUT2D eigenvalue weighted by Crippen LogP contribution is -2.61. The third-order valence-corrected chi connectivity index (χ3v) is 11.4. The molecule has 9 atom stereocenters. The fourth-order valence-electron chi connectivity index (χ4n) is 7.26. The summed E-state index contributed by atoms with van der Waals surface area (Å²) in [6, 6.07) is -8.95. The first-order valence-corrected chi connectivity index (χ1v) is 25.4. The van der Waals surface area contributed by atoms with Gasteiger partial charge in [-0.1, -0.05) is 26.0 Å². The highest BCUT2D eigenvalue weighted by molar-refractivity contribution is 5.99. The number of nitrogens with one attached hydrogen (secondary N) is 8. The van der Waals surface area contributed by atoms with Crippen LogP contribution in [0.3, 0.4) is 0 Å². The first-order chi connectivity index (χ1) is 37.9. The number of carboxylic acid groups (broad SMARTS) is 2. The lowest BCUT2D eigenvalue weighted by atomic mass is 10.00. The number of aliphatic hydroxyl groups is 1. The normalized spacial score (nSPS) is 14.1. The van der Waals surface area contributed by atoms with Crippen molar-refractivity contribution in [2.45, 2.75) is 139 Å². The largest absolute Gasteiger partial charge is 0.508 e. The Hall–Kier alpha value is -9.08. The molecule has 0 aliphatic carbocycles. The van der Waals surface area contributed by atoms with Crippen molar-refractivity contribution < 1.29 is 73.2 Å². The molecule has 0 saturated heterocycles. The zero-order valence-electron chi connectivity index (χ0n) is 45.2. The number of phenolic OH excluding ortho intramolecular Hbond substituents is 1. The van der Waals surface area contributed by atoms with E-state index in [1.54, 1.807) is 13.8 Å². The van der Waals surface area contributed by atoms with E-state index in [9.17, 15) is 73.2 Å². The Kier molecular flexibility index (Phi) is 31.2. The smallest absolute Gasteiger partial charge is 0.325 e. The zero-order valence-corrected chi connectivity index (χ0v) is 45.2. The maximum absolute atomic E-state index is 14.5. The van der Waals surface area contributed by atoms with Crippen molar-refractivity contribution in [1.82, 2.24) is 42.5 Å². The summed E-state index contributed by atoms with van der Waals surface area (Å²) in [5.74, 6) is -13.9. The Morgan fingerprint density at radius 1 is 0.481 bits per heavy atom. The molecule has 452 valence electrons. The Morgan fingerprint density at radius 3 is 1.21 bits per heavy atom. The highest BCUT2D eigenvalue weighted by Gasteiger charge is 2.36. The SMILES string of the molecule is CC(C)C[C@H](NC(=O)[C@H](Cc1ccc(O)cc1)NC(=O)[C@H](CCCN=C(N)N)NC(=O)[C@H](CC(=O)O)NC(=O)[C@@H](N)CO)C(=O)N[C@@H](CC(N)=O)C(=O)N[C@@H](CCCN=C(N)N)C(=O)N[C@@H](CCCN=C(N)N)C(=O)N[C@@H](C)C(=O)O. The van der Waals surface area contributed by atoms with Gasteiger partial charge in [-0.25, -0.2) is 0 Å². The quantitative estimate of drug-likeness (QED) is 0.0166. The number of primary amides is 1. The van der Waals surface area contributed by atoms with Crippen molar-refractivity contribution >= 4 is 83.0 Å². The number of aliphatic imine (C=N–C) groups is 3. The summed E-state index contributed by atoms with van der Waals surface area (Å²) in [6.45, 7) is 3.53. The average molecular weight is 1150 g/mol. The standard InChI is InChI=1S/C47H79N19O15/c1-22(2)17-30(40(76)66-32(19-34(49)69)42(78)61-28(8-5-15-57-46(52)53)38(74)60-27(7-4-14-56-45(50)51)37(73)59-23(3)44(80)81)64-41(77)31(18-24-10-12-25(68)13-11-24)65-39(75)29(9-6-16-58-47(54)55)62-43(79)33(20-35(70)71)63-36(72)26(48)21-67/h10-13,22-23,26-33,67-68H,4-9,14-21,48H2,1-3H3,(H2,49,69)(H,59,73)(H,60,74)(H,61,78)(H,62,79)(H,63,72)(H,64,77)(H,65,75)(H,66,76)(H,70,71)(H,80,81)(H4,50,51,56)(H4,52,53,57)(H4,54,55,58)/t23-,26-,27-,28-,29-,30-,31-,32-,33-/m0/s1. The first kappa shape index (κ1) is 69.9. The van der Waals surface area contributed by atoms with Crippen LogP contribution < -0.4 is 88.4 Å². The molecule has 0 bridgehead atoms. The van der Waals surface area contributed by atoms with Crippen LogP contribution in [-0.4, -0.2) is 184 Å². The second kappa shape index (κ2) is 36.2. The number of nitrogens with two attached hydrogens (primary N) is 8. The van der Waals surface area contributed by atoms with Crippen molar-refractivity contribution in [3.05, 3.63) is 29.8 Å². The van der Waals surface area contributed by atoms with Gasteiger partial charge in [0, 0.05) is 26.1 Å². The Bertz CT molecular complexity index is 2410. The van der Waals surface area contributed by atoms with Crippen LogP contribution in [0.1, 0.15) is 84.1 Å². The van der Waals surface area contributed by atoms with Gasteiger partial charge < -0.3 is 109 Å². The monoisotopic (exact) mass is 1150 g/mol. The van der Waals surface area contributed by atoms with Gasteiger partial charge in [0.2, 0.25) is 53.2 Å². The molecule has 0 spiro atoms. The van der Waals surface area contributed by atoms with Gasteiger partial charge in [0.25, 0.3) is 0 Å². The molecule has 0 aromatic heterocycles. The van der Waals surface area contributed by atoms with Gasteiger partial charge >= 0.3 is 11.9 Å². The van der Waals surface area contributed by atoms with Crippen LogP contribution in [0.4, 0.5) is 0 Å². The van der Waals surface area contributed by atoms with E-state index >= 15 is 0 Å². The average Bonchev–Trinajstić information content (AvgIpc) is 3.37. The molecule has 0 saturated carbocycles. The lowest BCUT2D eigenvalue weighted by molar-refractivity contribution is -0.142. The number of aliphatic hydroxyl groups excluding tert-OH is 1. The van der Waals surface area contributed by atoms with Crippen molar-refractivity contribution in [3.8, 4) is 5.75 Å². The number of carbonyl (C=O) groups excluding carboxylic acids is 9. The minimum atomic E-state index is -1.84. The van der Waals surface area contributed by atoms with Crippen LogP contribution >= 0.6 is 0 Å². The summed E-state index contributed by atoms with van der Waals surface area (Å²) < 4.78 is 0. The van der Waals surface area contributed by atoms with E-state index in [-0.39, 0.29) is 101 Å². The van der Waals surface area contributed by atoms with Crippen LogP contribution in [0, 0.1) is 5.92 Å². The summed E-state index contributed by atoms with van der Waals surface area (Å²) in [4.78, 5) is 158. The second-order valence-corrected chi connectivity index (χ2v) is 18.9. The Labute approximate surface area is 465 Å². The summed E-state index contributed by atoms with van der Waals surface area (Å²) in [6.07, 6.45) is -2.82. The molecule has 0 radical (unpaired) electrons. The summed E-state index contributed by atoms with van der Waals surface area (Å²) in [5.41, 5.74) is 44.0. The van der Waals surface area contributed by atoms with E-state index < -0.39 is 139 Å². The van der Waals surface area contributed by atoms with Crippen molar-refractivity contribution in [2.24, 2.45) is 66.8 Å². The molecule has 28 N–H and O–H groups in total. The number of guanidine groups is 3. The van der Waals surface area contributed by atoms with Gasteiger partial charge in [-0.3, -0.25) is 67.7 Å². The van der Waals surface area contributed by atoms with Gasteiger partial charge in [0.15, 0.2) is 17.9 Å². The molecule has 1 aromatic carbocycles. The molecule has 0 aliphatic rings. The van der Waals surface area contributed by atoms with Crippen LogP contribution in [0.15, 0.2) is 39.2 Å². The van der Waals surface area contributed by atoms with Crippen molar-refractivity contribution in [2.75, 3.05) is 26.2 Å². The summed E-state index contributed by atoms with van der Waals surface area (Å²) in [7, 11) is 0. The molecule has 0 aliphatic heterocycles. The molecule has 34 nitrogen and oxygen atoms in total. The van der Waals surface area contributed by atoms with Gasteiger partial charge in [-0.2, -0.15) is 0 Å². The number of hydrogen-bond acceptors (Lipinski definition) is 17. The number of aromatic hydroxyl groups is 1. The van der Waals surface area contributed by atoms with E-state index in [1.165, 1.54) is 31.2 Å². The molecule has 81 heavy (non-hydrogen) atoms. The molecule has 1 aromatic rings. The van der Waals surface area contributed by atoms with Gasteiger partial charge in [-0.15, -0.1) is 0 Å². The number of nitrogens with zero attached hydrogens (tertiary/aromatic N) is 3. The van der Waals surface area contributed by atoms with E-state index in [1.807, 2.05) is 0 Å². The second-order valence-electron chi connectivity index (χ2n) is 18.9. The van der Waals surface area contributed by atoms with E-state index in [0.29, 0.717) is 5.56 Å². The highest BCUT2D eigenvalue weighted by Crippen LogP contribution is 2.14. The predicted octanol–water partition coefficient (Wildman–Crippen LogP) is -8.21. The molecule has 0 unspecified atom stereocenters. The van der Waals surface area contributed by atoms with Gasteiger partial charge in [0.1, 0.15) is 60.1 Å². The van der Waals surface area contributed by atoms with Crippen molar-refractivity contribution in [1.29, 1.82) is 0 Å². The number of amides is 9. The number of phenols is 1. The third-order valence-electron chi connectivity index (χ3n) is 11.4. The number of carbonyl (C=O) groups is 11. The molecular weight excluding hydrogens is 1070 g/mol. The Balaban J connectivity index is 3.74. The van der Waals surface area contributed by atoms with Crippen LogP contribution in [-0.2, 0) is 59.2 Å². The fourth-order valence-corrected chi connectivity index (χ4v) is 7.26. The molecule has 0 heterocycles. The number of benzene rings is 1. The minimum Gasteiger partial charge on any atom is -0.508 e. The minimum absolute atomic E-state index is 0.00365. The number of hydrogen-bond donors (Lipinski definition) is 20. The molecule has 34 heteroatoms. The Morgan fingerprint density at radius 2 is 0.827 bits per heavy atom. The third kappa shape index (κ3) is 28.9. The van der Waals surface area contributed by atoms with E-state index in [0.717, 1.165) is 0 Å². The van der Waals surface area contributed by atoms with E-state index in [2.05, 4.69) is 57.5 Å². The van der Waals surface area contributed by atoms with Crippen LogP contribution in [0.25, 0.3) is 0 Å². The molecule has 9 amide bonds. The maximum atomic E-state index is 14.5. The zero-order chi connectivity index (χ0) is 61.5. The maximum Gasteiger partial charge on any atom is 0.325 e. The summed E-state index contributed by atoms with van der Waals surface area (Å²) >= 11 is 0. The number of rotatable bonds is 38. The van der Waals surface area contributed by atoms with Gasteiger partial charge in [-0.05, 0) is 75.5 Å². The van der Waals surface area contributed by atoms with Crippen LogP contribution in [0.2, 0.25) is 0 Å². The highest BCUT2D eigenvalue weighted by atomic mass is 16.4. The van der Waals surface area contributed by atoms with Crippen LogP contribution in [0.5, 0.6) is 5.75 Å². The van der Waals surface area contributed by atoms with Gasteiger partial charge in [0.05, 0.1) is 19.4 Å².